The molecule has 2 aliphatic heterocycles. The molecule has 1 fully saturated rings. The van der Waals surface area contributed by atoms with Gasteiger partial charge in [0, 0.05) is 24.5 Å². The lowest BCUT2D eigenvalue weighted by atomic mass is 10.1. The van der Waals surface area contributed by atoms with Crippen molar-refractivity contribution in [2.24, 2.45) is 0 Å². The first-order valence-corrected chi connectivity index (χ1v) is 9.41. The summed E-state index contributed by atoms with van der Waals surface area (Å²) < 4.78 is 15.5. The SMILES string of the molecule is O=C(COC(=O)c1ccc2c(c1)OCO2)Nc1ccc(N2CCCCC2)cc1. The monoisotopic (exact) mass is 382 g/mol. The molecule has 0 aromatic heterocycles. The molecule has 0 unspecified atom stereocenters. The summed E-state index contributed by atoms with van der Waals surface area (Å²) in [5.74, 6) is 0.101. The van der Waals surface area contributed by atoms with Gasteiger partial charge in [0.1, 0.15) is 0 Å². The molecule has 1 N–H and O–H groups in total. The van der Waals surface area contributed by atoms with E-state index in [4.69, 9.17) is 14.2 Å². The summed E-state index contributed by atoms with van der Waals surface area (Å²) in [5, 5.41) is 2.74. The summed E-state index contributed by atoms with van der Waals surface area (Å²) in [4.78, 5) is 26.5. The number of carbonyl (C=O) groups is 2. The summed E-state index contributed by atoms with van der Waals surface area (Å²) in [6.07, 6.45) is 3.72. The topological polar surface area (TPSA) is 77.1 Å². The Morgan fingerprint density at radius 1 is 0.964 bits per heavy atom. The van der Waals surface area contributed by atoms with Crippen LogP contribution in [0.25, 0.3) is 0 Å². The lowest BCUT2D eigenvalue weighted by Crippen LogP contribution is -2.29. The number of anilines is 2. The van der Waals surface area contributed by atoms with E-state index in [0.29, 0.717) is 22.7 Å². The maximum Gasteiger partial charge on any atom is 0.338 e. The van der Waals surface area contributed by atoms with Gasteiger partial charge in [0.2, 0.25) is 6.79 Å². The highest BCUT2D eigenvalue weighted by Gasteiger charge is 2.18. The second-order valence-corrected chi connectivity index (χ2v) is 6.79. The molecule has 0 atom stereocenters. The van der Waals surface area contributed by atoms with Crippen LogP contribution in [0.2, 0.25) is 0 Å². The number of hydrogen-bond donors (Lipinski definition) is 1. The summed E-state index contributed by atoms with van der Waals surface area (Å²) in [6.45, 7) is 1.91. The van der Waals surface area contributed by atoms with Crippen LogP contribution in [0.4, 0.5) is 11.4 Å². The molecule has 1 amide bonds. The second-order valence-electron chi connectivity index (χ2n) is 6.79. The molecule has 0 radical (unpaired) electrons. The molecular weight excluding hydrogens is 360 g/mol. The minimum atomic E-state index is -0.589. The number of piperidine rings is 1. The molecule has 0 saturated carbocycles. The Hall–Kier alpha value is -3.22. The molecule has 146 valence electrons. The van der Waals surface area contributed by atoms with Gasteiger partial charge >= 0.3 is 5.97 Å². The molecule has 2 aliphatic rings. The Morgan fingerprint density at radius 2 is 1.71 bits per heavy atom. The molecule has 7 heteroatoms. The van der Waals surface area contributed by atoms with E-state index in [-0.39, 0.29) is 19.3 Å². The minimum Gasteiger partial charge on any atom is -0.454 e. The Kier molecular flexibility index (Phi) is 5.32. The van der Waals surface area contributed by atoms with Crippen LogP contribution in [-0.4, -0.2) is 38.4 Å². The number of hydrogen-bond acceptors (Lipinski definition) is 6. The maximum absolute atomic E-state index is 12.1. The minimum absolute atomic E-state index is 0.132. The van der Waals surface area contributed by atoms with Gasteiger partial charge in [-0.1, -0.05) is 0 Å². The van der Waals surface area contributed by atoms with E-state index in [9.17, 15) is 9.59 Å². The third-order valence-corrected chi connectivity index (χ3v) is 4.81. The van der Waals surface area contributed by atoms with Crippen molar-refractivity contribution < 1.29 is 23.8 Å². The van der Waals surface area contributed by atoms with Gasteiger partial charge in [0.15, 0.2) is 18.1 Å². The van der Waals surface area contributed by atoms with E-state index in [0.717, 1.165) is 18.8 Å². The lowest BCUT2D eigenvalue weighted by molar-refractivity contribution is -0.119. The van der Waals surface area contributed by atoms with Crippen molar-refractivity contribution in [1.29, 1.82) is 0 Å². The highest BCUT2D eigenvalue weighted by molar-refractivity contribution is 5.95. The zero-order chi connectivity index (χ0) is 19.3. The average molecular weight is 382 g/mol. The van der Waals surface area contributed by atoms with Gasteiger partial charge in [-0.05, 0) is 61.7 Å². The van der Waals surface area contributed by atoms with Gasteiger partial charge in [0.05, 0.1) is 5.56 Å². The van der Waals surface area contributed by atoms with E-state index in [2.05, 4.69) is 10.2 Å². The van der Waals surface area contributed by atoms with Gasteiger partial charge in [-0.15, -0.1) is 0 Å². The molecule has 0 bridgehead atoms. The number of carbonyl (C=O) groups excluding carboxylic acids is 2. The first-order valence-electron chi connectivity index (χ1n) is 9.41. The Labute approximate surface area is 163 Å². The predicted octanol–water partition coefficient (Wildman–Crippen LogP) is 3.20. The van der Waals surface area contributed by atoms with Crippen LogP contribution < -0.4 is 19.7 Å². The van der Waals surface area contributed by atoms with Gasteiger partial charge in [-0.25, -0.2) is 4.79 Å². The molecule has 1 saturated heterocycles. The second kappa shape index (κ2) is 8.21. The summed E-state index contributed by atoms with van der Waals surface area (Å²) in [5.41, 5.74) is 2.14. The van der Waals surface area contributed by atoms with Crippen LogP contribution in [0, 0.1) is 0 Å². The molecule has 2 heterocycles. The van der Waals surface area contributed by atoms with Crippen molar-refractivity contribution >= 4 is 23.3 Å². The van der Waals surface area contributed by atoms with Crippen molar-refractivity contribution in [2.45, 2.75) is 19.3 Å². The third-order valence-electron chi connectivity index (χ3n) is 4.81. The first kappa shape index (κ1) is 18.2. The maximum atomic E-state index is 12.1. The zero-order valence-electron chi connectivity index (χ0n) is 15.5. The molecule has 2 aromatic carbocycles. The highest BCUT2D eigenvalue weighted by atomic mass is 16.7. The Bertz CT molecular complexity index is 860. The van der Waals surface area contributed by atoms with Gasteiger partial charge < -0.3 is 24.4 Å². The van der Waals surface area contributed by atoms with Crippen molar-refractivity contribution in [3.05, 3.63) is 48.0 Å². The predicted molar refractivity (Wildman–Crippen MR) is 104 cm³/mol. The molecule has 7 nitrogen and oxygen atoms in total. The number of benzene rings is 2. The van der Waals surface area contributed by atoms with Gasteiger partial charge in [-0.2, -0.15) is 0 Å². The van der Waals surface area contributed by atoms with Crippen molar-refractivity contribution in [2.75, 3.05) is 36.7 Å². The van der Waals surface area contributed by atoms with E-state index in [1.54, 1.807) is 18.2 Å². The van der Waals surface area contributed by atoms with E-state index in [1.807, 2.05) is 24.3 Å². The fourth-order valence-corrected chi connectivity index (χ4v) is 3.34. The number of amides is 1. The largest absolute Gasteiger partial charge is 0.454 e. The number of rotatable bonds is 5. The normalized spacial score (nSPS) is 15.2. The molecule has 2 aromatic rings. The summed E-state index contributed by atoms with van der Waals surface area (Å²) >= 11 is 0. The van der Waals surface area contributed by atoms with Crippen LogP contribution in [0.15, 0.2) is 42.5 Å². The molecule has 0 spiro atoms. The number of fused-ring (bicyclic) bond motifs is 1. The van der Waals surface area contributed by atoms with Crippen molar-refractivity contribution in [3.8, 4) is 11.5 Å². The molecule has 4 rings (SSSR count). The fourth-order valence-electron chi connectivity index (χ4n) is 3.34. The lowest BCUT2D eigenvalue weighted by Gasteiger charge is -2.28. The fraction of sp³-hybridized carbons (Fsp3) is 0.333. The average Bonchev–Trinajstić information content (AvgIpc) is 3.21. The van der Waals surface area contributed by atoms with Crippen LogP contribution >= 0.6 is 0 Å². The van der Waals surface area contributed by atoms with Crippen LogP contribution in [0.5, 0.6) is 11.5 Å². The number of ether oxygens (including phenoxy) is 3. The Balaban J connectivity index is 1.27. The van der Waals surface area contributed by atoms with Crippen LogP contribution in [0.3, 0.4) is 0 Å². The van der Waals surface area contributed by atoms with Gasteiger partial charge in [0.25, 0.3) is 5.91 Å². The summed E-state index contributed by atoms with van der Waals surface area (Å²) in [6, 6.07) is 12.5. The Morgan fingerprint density at radius 3 is 2.50 bits per heavy atom. The van der Waals surface area contributed by atoms with Crippen LogP contribution in [0.1, 0.15) is 29.6 Å². The molecule has 28 heavy (non-hydrogen) atoms. The van der Waals surface area contributed by atoms with Gasteiger partial charge in [-0.3, -0.25) is 4.79 Å². The third kappa shape index (κ3) is 4.19. The smallest absolute Gasteiger partial charge is 0.338 e. The molecular formula is C21H22N2O5. The molecule has 0 aliphatic carbocycles. The summed E-state index contributed by atoms with van der Waals surface area (Å²) in [7, 11) is 0. The van der Waals surface area contributed by atoms with Crippen molar-refractivity contribution in [3.63, 3.8) is 0 Å². The standard InChI is InChI=1S/C21H22N2O5/c24-20(13-26-21(25)15-4-9-18-19(12-15)28-14-27-18)22-16-5-7-17(8-6-16)23-10-2-1-3-11-23/h4-9,12H,1-3,10-11,13-14H2,(H,22,24). The van der Waals surface area contributed by atoms with Crippen LogP contribution in [-0.2, 0) is 9.53 Å². The number of nitrogens with one attached hydrogen (secondary N) is 1. The van der Waals surface area contributed by atoms with E-state index < -0.39 is 5.97 Å². The quantitative estimate of drug-likeness (QED) is 0.801. The number of nitrogens with zero attached hydrogens (tertiary/aromatic N) is 1. The highest BCUT2D eigenvalue weighted by Crippen LogP contribution is 2.32. The van der Waals surface area contributed by atoms with E-state index in [1.165, 1.54) is 19.3 Å². The zero-order valence-corrected chi connectivity index (χ0v) is 15.5. The number of esters is 1. The van der Waals surface area contributed by atoms with Crippen molar-refractivity contribution in [1.82, 2.24) is 0 Å². The van der Waals surface area contributed by atoms with E-state index >= 15 is 0 Å². The first-order chi connectivity index (χ1) is 13.7.